The summed E-state index contributed by atoms with van der Waals surface area (Å²) in [6.45, 7) is 0. The van der Waals surface area contributed by atoms with Gasteiger partial charge in [0.25, 0.3) is 0 Å². The zero-order valence-electron chi connectivity index (χ0n) is 16.9. The fourth-order valence-corrected chi connectivity index (χ4v) is 3.91. The molecule has 0 saturated carbocycles. The molecule has 4 aromatic rings. The molecule has 1 aliphatic heterocycles. The molecule has 31 heavy (non-hydrogen) atoms. The third-order valence-corrected chi connectivity index (χ3v) is 5.57. The van der Waals surface area contributed by atoms with Crippen molar-refractivity contribution in [1.82, 2.24) is 10.3 Å². The number of ether oxygens (including phenoxy) is 1. The second-order valence-electron chi connectivity index (χ2n) is 7.55. The first-order valence-electron chi connectivity index (χ1n) is 10.0. The number of hydrogen-bond acceptors (Lipinski definition) is 6. The number of piperidine rings is 1. The molecule has 2 aromatic heterocycles. The summed E-state index contributed by atoms with van der Waals surface area (Å²) < 4.78 is 16.9. The third kappa shape index (κ3) is 3.70. The zero-order valence-corrected chi connectivity index (χ0v) is 16.9. The molecule has 3 heterocycles. The molecule has 0 bridgehead atoms. The predicted octanol–water partition coefficient (Wildman–Crippen LogP) is 4.21. The van der Waals surface area contributed by atoms with E-state index in [2.05, 4.69) is 10.3 Å². The van der Waals surface area contributed by atoms with Crippen LogP contribution < -0.4 is 10.1 Å². The van der Waals surface area contributed by atoms with Crippen molar-refractivity contribution in [2.24, 2.45) is 0 Å². The van der Waals surface area contributed by atoms with Crippen LogP contribution in [-0.4, -0.2) is 23.9 Å². The van der Waals surface area contributed by atoms with Crippen molar-refractivity contribution in [3.63, 3.8) is 0 Å². The number of methoxy groups -OCH3 is 1. The van der Waals surface area contributed by atoms with E-state index in [9.17, 15) is 9.59 Å². The van der Waals surface area contributed by atoms with Gasteiger partial charge in [-0.15, -0.1) is 0 Å². The lowest BCUT2D eigenvalue weighted by atomic mass is 9.90. The van der Waals surface area contributed by atoms with Crippen molar-refractivity contribution in [1.29, 1.82) is 0 Å². The smallest absolute Gasteiger partial charge is 0.234 e. The predicted molar refractivity (Wildman–Crippen MR) is 113 cm³/mol. The summed E-state index contributed by atoms with van der Waals surface area (Å²) in [4.78, 5) is 28.0. The molecule has 1 N–H and O–H groups in total. The highest BCUT2D eigenvalue weighted by molar-refractivity contribution is 6.02. The van der Waals surface area contributed by atoms with Gasteiger partial charge < -0.3 is 13.6 Å². The van der Waals surface area contributed by atoms with Crippen molar-refractivity contribution in [2.75, 3.05) is 7.11 Å². The van der Waals surface area contributed by atoms with Crippen LogP contribution in [0.5, 0.6) is 5.75 Å². The van der Waals surface area contributed by atoms with Crippen molar-refractivity contribution < 1.29 is 23.2 Å². The molecule has 1 atom stereocenters. The Morgan fingerprint density at radius 3 is 2.77 bits per heavy atom. The van der Waals surface area contributed by atoms with Gasteiger partial charge in [-0.1, -0.05) is 24.3 Å². The van der Waals surface area contributed by atoms with Gasteiger partial charge in [0.05, 0.1) is 25.5 Å². The molecule has 0 aliphatic carbocycles. The molecular weight excluding hydrogens is 396 g/mol. The number of oxazole rings is 1. The number of nitrogens with zero attached hydrogens (tertiary/aromatic N) is 1. The Kier molecular flexibility index (Phi) is 4.78. The number of nitrogens with one attached hydrogen (secondary N) is 1. The van der Waals surface area contributed by atoms with E-state index < -0.39 is 0 Å². The SMILES string of the molecule is COc1ccc(Cc2ncc(-c3ccc4c(C5CCC(=O)NC5=O)coc4c3)o2)cc1. The average molecular weight is 416 g/mol. The highest BCUT2D eigenvalue weighted by Crippen LogP contribution is 2.34. The molecule has 7 heteroatoms. The van der Waals surface area contributed by atoms with E-state index >= 15 is 0 Å². The average Bonchev–Trinajstić information content (AvgIpc) is 3.41. The van der Waals surface area contributed by atoms with Crippen LogP contribution in [0.2, 0.25) is 0 Å². The van der Waals surface area contributed by atoms with Crippen molar-refractivity contribution >= 4 is 22.8 Å². The van der Waals surface area contributed by atoms with E-state index in [0.717, 1.165) is 27.8 Å². The number of fused-ring (bicyclic) bond motifs is 1. The van der Waals surface area contributed by atoms with Gasteiger partial charge in [0.2, 0.25) is 11.8 Å². The minimum absolute atomic E-state index is 0.230. The number of aromatic nitrogens is 1. The molecule has 2 amide bonds. The van der Waals surface area contributed by atoms with Crippen LogP contribution in [0.1, 0.15) is 35.8 Å². The normalized spacial score (nSPS) is 16.5. The van der Waals surface area contributed by atoms with E-state index in [-0.39, 0.29) is 17.7 Å². The lowest BCUT2D eigenvalue weighted by molar-refractivity contribution is -0.134. The van der Waals surface area contributed by atoms with Crippen LogP contribution in [-0.2, 0) is 16.0 Å². The zero-order chi connectivity index (χ0) is 21.4. The number of furan rings is 1. The molecule has 7 nitrogen and oxygen atoms in total. The summed E-state index contributed by atoms with van der Waals surface area (Å²) in [5.74, 6) is 1.17. The molecule has 2 aromatic carbocycles. The van der Waals surface area contributed by atoms with Gasteiger partial charge in [0, 0.05) is 29.4 Å². The minimum Gasteiger partial charge on any atom is -0.497 e. The van der Waals surface area contributed by atoms with Gasteiger partial charge in [0.1, 0.15) is 11.3 Å². The molecule has 0 spiro atoms. The van der Waals surface area contributed by atoms with E-state index in [4.69, 9.17) is 13.6 Å². The molecule has 1 unspecified atom stereocenters. The number of amides is 2. The number of carbonyl (C=O) groups excluding carboxylic acids is 2. The standard InChI is InChI=1S/C24H20N2O5/c1-29-16-5-2-14(3-6-16)10-23-25-12-21(31-23)15-4-7-17-19(13-30-20(17)11-15)18-8-9-22(27)26-24(18)28/h2-7,11-13,18H,8-10H2,1H3,(H,26,27,28). The van der Waals surface area contributed by atoms with Gasteiger partial charge in [-0.2, -0.15) is 0 Å². The van der Waals surface area contributed by atoms with E-state index in [1.807, 2.05) is 42.5 Å². The lowest BCUT2D eigenvalue weighted by Crippen LogP contribution is -2.39. The van der Waals surface area contributed by atoms with Gasteiger partial charge in [-0.25, -0.2) is 4.98 Å². The van der Waals surface area contributed by atoms with Crippen molar-refractivity contribution in [3.05, 3.63) is 71.9 Å². The second kappa shape index (κ2) is 7.75. The summed E-state index contributed by atoms with van der Waals surface area (Å²) in [6.07, 6.45) is 4.69. The first-order valence-corrected chi connectivity index (χ1v) is 10.0. The first-order chi connectivity index (χ1) is 15.1. The van der Waals surface area contributed by atoms with Crippen LogP contribution in [0.25, 0.3) is 22.3 Å². The monoisotopic (exact) mass is 416 g/mol. The molecule has 1 fully saturated rings. The van der Waals surface area contributed by atoms with Gasteiger partial charge in [-0.05, 0) is 30.2 Å². The topological polar surface area (TPSA) is 94.6 Å². The maximum absolute atomic E-state index is 12.2. The number of imide groups is 1. The van der Waals surface area contributed by atoms with E-state index in [0.29, 0.717) is 36.5 Å². The van der Waals surface area contributed by atoms with Crippen molar-refractivity contribution in [3.8, 4) is 17.1 Å². The summed E-state index contributed by atoms with van der Waals surface area (Å²) in [5.41, 5.74) is 3.37. The second-order valence-corrected chi connectivity index (χ2v) is 7.55. The molecular formula is C24H20N2O5. The minimum atomic E-state index is -0.383. The van der Waals surface area contributed by atoms with Crippen molar-refractivity contribution in [2.45, 2.75) is 25.2 Å². The Labute approximate surface area is 178 Å². The van der Waals surface area contributed by atoms with E-state index in [1.54, 1.807) is 19.6 Å². The maximum atomic E-state index is 12.2. The molecule has 1 saturated heterocycles. The van der Waals surface area contributed by atoms with E-state index in [1.165, 1.54) is 0 Å². The summed E-state index contributed by atoms with van der Waals surface area (Å²) >= 11 is 0. The molecule has 0 radical (unpaired) electrons. The van der Waals surface area contributed by atoms with Crippen LogP contribution >= 0.6 is 0 Å². The Bertz CT molecular complexity index is 1270. The summed E-state index contributed by atoms with van der Waals surface area (Å²) in [5, 5.41) is 3.26. The fourth-order valence-electron chi connectivity index (χ4n) is 3.91. The Balaban J connectivity index is 1.37. The Hall–Kier alpha value is -3.87. The number of benzene rings is 2. The first kappa shape index (κ1) is 19.1. The third-order valence-electron chi connectivity index (χ3n) is 5.57. The summed E-state index contributed by atoms with van der Waals surface area (Å²) in [6, 6.07) is 13.5. The largest absolute Gasteiger partial charge is 0.497 e. The van der Waals surface area contributed by atoms with Crippen LogP contribution in [0, 0.1) is 0 Å². The van der Waals surface area contributed by atoms with Crippen LogP contribution in [0.3, 0.4) is 0 Å². The van der Waals surface area contributed by atoms with Crippen LogP contribution in [0.15, 0.2) is 63.8 Å². The highest BCUT2D eigenvalue weighted by Gasteiger charge is 2.30. The highest BCUT2D eigenvalue weighted by atomic mass is 16.5. The van der Waals surface area contributed by atoms with Crippen LogP contribution in [0.4, 0.5) is 0 Å². The molecule has 1 aliphatic rings. The maximum Gasteiger partial charge on any atom is 0.234 e. The number of carbonyl (C=O) groups is 2. The Morgan fingerprint density at radius 2 is 2.00 bits per heavy atom. The molecule has 5 rings (SSSR count). The summed E-state index contributed by atoms with van der Waals surface area (Å²) in [7, 11) is 1.64. The fraction of sp³-hybridized carbons (Fsp3) is 0.208. The number of hydrogen-bond donors (Lipinski definition) is 1. The lowest BCUT2D eigenvalue weighted by Gasteiger charge is -2.19. The van der Waals surface area contributed by atoms with Gasteiger partial charge >= 0.3 is 0 Å². The molecule has 156 valence electrons. The Morgan fingerprint density at radius 1 is 1.16 bits per heavy atom. The van der Waals surface area contributed by atoms with Gasteiger partial charge in [0.15, 0.2) is 11.7 Å². The quantitative estimate of drug-likeness (QED) is 0.490. The van der Waals surface area contributed by atoms with Gasteiger partial charge in [-0.3, -0.25) is 14.9 Å². The number of rotatable bonds is 5.